The van der Waals surface area contributed by atoms with E-state index in [1.54, 1.807) is 0 Å². The van der Waals surface area contributed by atoms with Crippen molar-refractivity contribution < 1.29 is 0 Å². The first kappa shape index (κ1) is 7.43. The van der Waals surface area contributed by atoms with E-state index in [1.807, 2.05) is 0 Å². The van der Waals surface area contributed by atoms with E-state index in [2.05, 4.69) is 6.07 Å². The molecule has 0 aromatic carbocycles. The lowest BCUT2D eigenvalue weighted by molar-refractivity contribution is 0.0625. The number of nitrogens with zero attached hydrogens (tertiary/aromatic N) is 1. The molecule has 0 amide bonds. The fourth-order valence-corrected chi connectivity index (χ4v) is 2.76. The Bertz CT molecular complexity index is 196. The highest BCUT2D eigenvalue weighted by Gasteiger charge is 2.51. The smallest absolute Gasteiger partial charge is 0.0693 e. The van der Waals surface area contributed by atoms with Crippen LogP contribution in [0, 0.1) is 22.7 Å². The molecule has 0 spiro atoms. The predicted octanol–water partition coefficient (Wildman–Crippen LogP) is 2.70. The van der Waals surface area contributed by atoms with Gasteiger partial charge in [0.25, 0.3) is 0 Å². The molecule has 2 rings (SSSR count). The van der Waals surface area contributed by atoms with E-state index in [0.29, 0.717) is 5.92 Å². The summed E-state index contributed by atoms with van der Waals surface area (Å²) in [5.74, 6) is 0.683. The van der Waals surface area contributed by atoms with Crippen molar-refractivity contribution in [3.8, 4) is 6.07 Å². The highest BCUT2D eigenvalue weighted by Crippen LogP contribution is 2.55. The maximum absolute atomic E-state index is 8.98. The summed E-state index contributed by atoms with van der Waals surface area (Å²) in [7, 11) is 0. The quantitative estimate of drug-likeness (QED) is 0.554. The number of rotatable bonds is 1. The highest BCUT2D eigenvalue weighted by atomic mass is 35.5. The molecule has 2 saturated carbocycles. The van der Waals surface area contributed by atoms with Gasteiger partial charge in [-0.05, 0) is 31.6 Å². The Kier molecular flexibility index (Phi) is 1.61. The van der Waals surface area contributed by atoms with Gasteiger partial charge in [-0.15, -0.1) is 11.6 Å². The van der Waals surface area contributed by atoms with Gasteiger partial charge in [0.2, 0.25) is 0 Å². The number of nitriles is 1. The molecule has 0 unspecified atom stereocenters. The molecule has 0 aromatic heterocycles. The molecule has 0 heterocycles. The Morgan fingerprint density at radius 2 is 2.00 bits per heavy atom. The van der Waals surface area contributed by atoms with E-state index in [9.17, 15) is 0 Å². The van der Waals surface area contributed by atoms with Gasteiger partial charge in [0.15, 0.2) is 0 Å². The summed E-state index contributed by atoms with van der Waals surface area (Å²) in [5.41, 5.74) is 0.00463. The first-order chi connectivity index (χ1) is 5.27. The molecule has 2 aliphatic rings. The van der Waals surface area contributed by atoms with Crippen LogP contribution in [0.4, 0.5) is 0 Å². The van der Waals surface area contributed by atoms with Crippen molar-refractivity contribution in [2.24, 2.45) is 11.3 Å². The van der Waals surface area contributed by atoms with E-state index in [-0.39, 0.29) is 10.8 Å². The molecule has 60 valence electrons. The summed E-state index contributed by atoms with van der Waals surface area (Å²) >= 11 is 5.89. The summed E-state index contributed by atoms with van der Waals surface area (Å²) in [6.45, 7) is 0. The predicted molar refractivity (Wildman–Crippen MR) is 44.3 cm³/mol. The van der Waals surface area contributed by atoms with Crippen LogP contribution in [-0.2, 0) is 0 Å². The first-order valence-corrected chi connectivity index (χ1v) is 4.76. The van der Waals surface area contributed by atoms with Gasteiger partial charge in [0.1, 0.15) is 0 Å². The molecule has 2 aliphatic carbocycles. The Labute approximate surface area is 72.3 Å². The molecular weight excluding hydrogens is 158 g/mol. The van der Waals surface area contributed by atoms with Crippen molar-refractivity contribution in [3.63, 3.8) is 0 Å². The highest BCUT2D eigenvalue weighted by molar-refractivity contribution is 6.21. The van der Waals surface area contributed by atoms with Crippen molar-refractivity contribution in [2.75, 3.05) is 0 Å². The van der Waals surface area contributed by atoms with E-state index in [1.165, 1.54) is 19.3 Å². The molecule has 0 atom stereocenters. The standard InChI is InChI=1S/C9H12ClN/c10-8-4-9(5-8,6-11)7-2-1-3-7/h7-8H,1-5H2. The Hall–Kier alpha value is -0.220. The topological polar surface area (TPSA) is 23.8 Å². The van der Waals surface area contributed by atoms with E-state index < -0.39 is 0 Å². The summed E-state index contributed by atoms with van der Waals surface area (Å²) < 4.78 is 0. The minimum atomic E-state index is 0.00463. The zero-order chi connectivity index (χ0) is 7.90. The fourth-order valence-electron chi connectivity index (χ4n) is 2.21. The second kappa shape index (κ2) is 2.38. The normalized spacial score (nSPS) is 43.8. The maximum atomic E-state index is 8.98. The van der Waals surface area contributed by atoms with Crippen LogP contribution < -0.4 is 0 Å². The lowest BCUT2D eigenvalue weighted by atomic mass is 9.56. The van der Waals surface area contributed by atoms with Crippen LogP contribution in [0.1, 0.15) is 32.1 Å². The zero-order valence-corrected chi connectivity index (χ0v) is 7.27. The Morgan fingerprint density at radius 1 is 1.36 bits per heavy atom. The SMILES string of the molecule is N#CC1(C2CCC2)CC(Cl)C1. The minimum absolute atomic E-state index is 0.00463. The Balaban J connectivity index is 2.02. The van der Waals surface area contributed by atoms with E-state index >= 15 is 0 Å². The largest absolute Gasteiger partial charge is 0.198 e. The fraction of sp³-hybridized carbons (Fsp3) is 0.889. The average molecular weight is 170 g/mol. The summed E-state index contributed by atoms with van der Waals surface area (Å²) in [6.07, 6.45) is 5.72. The molecule has 0 N–H and O–H groups in total. The average Bonchev–Trinajstić information content (AvgIpc) is 1.79. The first-order valence-electron chi connectivity index (χ1n) is 4.32. The summed E-state index contributed by atoms with van der Waals surface area (Å²) in [6, 6.07) is 2.46. The van der Waals surface area contributed by atoms with E-state index in [0.717, 1.165) is 12.8 Å². The van der Waals surface area contributed by atoms with Crippen molar-refractivity contribution >= 4 is 11.6 Å². The van der Waals surface area contributed by atoms with Gasteiger partial charge >= 0.3 is 0 Å². The second-order valence-corrected chi connectivity index (χ2v) is 4.52. The van der Waals surface area contributed by atoms with Gasteiger partial charge in [-0.1, -0.05) is 6.42 Å². The van der Waals surface area contributed by atoms with Crippen LogP contribution in [0.2, 0.25) is 0 Å². The van der Waals surface area contributed by atoms with Gasteiger partial charge < -0.3 is 0 Å². The molecule has 0 saturated heterocycles. The van der Waals surface area contributed by atoms with Gasteiger partial charge in [0.05, 0.1) is 11.5 Å². The number of hydrogen-bond acceptors (Lipinski definition) is 1. The van der Waals surface area contributed by atoms with Gasteiger partial charge in [-0.3, -0.25) is 0 Å². The molecule has 0 radical (unpaired) electrons. The lowest BCUT2D eigenvalue weighted by Crippen LogP contribution is -2.45. The Morgan fingerprint density at radius 3 is 2.27 bits per heavy atom. The third-order valence-electron chi connectivity index (χ3n) is 3.28. The lowest BCUT2D eigenvalue weighted by Gasteiger charge is -2.48. The molecule has 2 fully saturated rings. The summed E-state index contributed by atoms with van der Waals surface area (Å²) in [4.78, 5) is 0. The second-order valence-electron chi connectivity index (χ2n) is 3.90. The molecule has 0 aliphatic heterocycles. The monoisotopic (exact) mass is 169 g/mol. The number of halogens is 1. The van der Waals surface area contributed by atoms with Crippen LogP contribution in [0.5, 0.6) is 0 Å². The van der Waals surface area contributed by atoms with Crippen molar-refractivity contribution in [1.29, 1.82) is 5.26 Å². The molecule has 1 nitrogen and oxygen atoms in total. The van der Waals surface area contributed by atoms with Crippen LogP contribution in [-0.4, -0.2) is 5.38 Å². The van der Waals surface area contributed by atoms with Crippen LogP contribution in [0.3, 0.4) is 0 Å². The number of hydrogen-bond donors (Lipinski definition) is 0. The number of alkyl halides is 1. The molecule has 0 bridgehead atoms. The molecule has 0 aromatic rings. The third-order valence-corrected chi connectivity index (χ3v) is 3.59. The minimum Gasteiger partial charge on any atom is -0.198 e. The van der Waals surface area contributed by atoms with Crippen molar-refractivity contribution in [2.45, 2.75) is 37.5 Å². The van der Waals surface area contributed by atoms with Gasteiger partial charge in [-0.25, -0.2) is 0 Å². The summed E-state index contributed by atoms with van der Waals surface area (Å²) in [5, 5.41) is 9.27. The van der Waals surface area contributed by atoms with Crippen LogP contribution >= 0.6 is 11.6 Å². The van der Waals surface area contributed by atoms with Gasteiger partial charge in [0, 0.05) is 5.38 Å². The van der Waals surface area contributed by atoms with E-state index in [4.69, 9.17) is 16.9 Å². The van der Waals surface area contributed by atoms with Crippen LogP contribution in [0.15, 0.2) is 0 Å². The van der Waals surface area contributed by atoms with Crippen molar-refractivity contribution in [1.82, 2.24) is 0 Å². The van der Waals surface area contributed by atoms with Crippen LogP contribution in [0.25, 0.3) is 0 Å². The maximum Gasteiger partial charge on any atom is 0.0693 e. The zero-order valence-electron chi connectivity index (χ0n) is 6.52. The molecular formula is C9H12ClN. The molecule has 11 heavy (non-hydrogen) atoms. The van der Waals surface area contributed by atoms with Gasteiger partial charge in [-0.2, -0.15) is 5.26 Å². The third kappa shape index (κ3) is 0.964. The van der Waals surface area contributed by atoms with Crippen molar-refractivity contribution in [3.05, 3.63) is 0 Å². The molecule has 2 heteroatoms.